The fourth-order valence-electron chi connectivity index (χ4n) is 3.21. The summed E-state index contributed by atoms with van der Waals surface area (Å²) >= 11 is 0. The number of nitrogens with one attached hydrogen (secondary N) is 1. The molecule has 100 valence electrons. The molecule has 1 aliphatic rings. The molecule has 3 heteroatoms. The molecule has 1 aromatic rings. The number of nitrogens with two attached hydrogens (primary N) is 1. The number of rotatable bonds is 4. The fourth-order valence-corrected chi connectivity index (χ4v) is 3.21. The minimum atomic E-state index is 0.261. The molecule has 3 N–H and O–H groups in total. The third-order valence-corrected chi connectivity index (χ3v) is 4.53. The zero-order valence-electron chi connectivity index (χ0n) is 11.5. The van der Waals surface area contributed by atoms with Gasteiger partial charge in [-0.1, -0.05) is 26.2 Å². The van der Waals surface area contributed by atoms with Gasteiger partial charge in [0.05, 0.1) is 6.04 Å². The standard InChI is InChI=1S/C15H25N3/c1-3-12-4-6-13(7-5-12)15(18-16)14-10-17-9-8-11(14)2/h8-10,12-13,15,18H,3-7,16H2,1-2H3. The lowest BCUT2D eigenvalue weighted by Crippen LogP contribution is -2.35. The van der Waals surface area contributed by atoms with E-state index in [4.69, 9.17) is 5.84 Å². The lowest BCUT2D eigenvalue weighted by Gasteiger charge is -2.34. The zero-order chi connectivity index (χ0) is 13.0. The van der Waals surface area contributed by atoms with E-state index < -0.39 is 0 Å². The molecule has 0 saturated heterocycles. The van der Waals surface area contributed by atoms with Crippen LogP contribution in [0.25, 0.3) is 0 Å². The predicted molar refractivity (Wildman–Crippen MR) is 74.8 cm³/mol. The van der Waals surface area contributed by atoms with E-state index in [2.05, 4.69) is 30.3 Å². The van der Waals surface area contributed by atoms with E-state index >= 15 is 0 Å². The van der Waals surface area contributed by atoms with Gasteiger partial charge in [-0.05, 0) is 48.8 Å². The number of aromatic nitrogens is 1. The number of aryl methyl sites for hydroxylation is 1. The molecule has 18 heavy (non-hydrogen) atoms. The highest BCUT2D eigenvalue weighted by Gasteiger charge is 2.28. The molecule has 1 aromatic heterocycles. The topological polar surface area (TPSA) is 50.9 Å². The Hall–Kier alpha value is -0.930. The van der Waals surface area contributed by atoms with Crippen molar-refractivity contribution in [3.05, 3.63) is 29.6 Å². The van der Waals surface area contributed by atoms with Gasteiger partial charge in [-0.15, -0.1) is 0 Å². The van der Waals surface area contributed by atoms with Crippen LogP contribution in [0.15, 0.2) is 18.5 Å². The van der Waals surface area contributed by atoms with E-state index in [9.17, 15) is 0 Å². The first-order chi connectivity index (χ1) is 8.76. The van der Waals surface area contributed by atoms with Gasteiger partial charge in [-0.25, -0.2) is 0 Å². The van der Waals surface area contributed by atoms with Crippen molar-refractivity contribution >= 4 is 0 Å². The second-order valence-corrected chi connectivity index (χ2v) is 5.57. The van der Waals surface area contributed by atoms with E-state index in [1.807, 2.05) is 12.4 Å². The number of nitrogens with zero attached hydrogens (tertiary/aromatic N) is 1. The van der Waals surface area contributed by atoms with Crippen LogP contribution in [0, 0.1) is 18.8 Å². The molecule has 0 radical (unpaired) electrons. The molecule has 1 atom stereocenters. The van der Waals surface area contributed by atoms with Crippen LogP contribution in [-0.2, 0) is 0 Å². The van der Waals surface area contributed by atoms with Crippen LogP contribution in [0.3, 0.4) is 0 Å². The van der Waals surface area contributed by atoms with Crippen molar-refractivity contribution in [2.24, 2.45) is 17.7 Å². The zero-order valence-corrected chi connectivity index (χ0v) is 11.5. The predicted octanol–water partition coefficient (Wildman–Crippen LogP) is 3.11. The van der Waals surface area contributed by atoms with Gasteiger partial charge in [-0.2, -0.15) is 0 Å². The number of hydrazine groups is 1. The van der Waals surface area contributed by atoms with Gasteiger partial charge < -0.3 is 0 Å². The van der Waals surface area contributed by atoms with Crippen LogP contribution < -0.4 is 11.3 Å². The number of pyridine rings is 1. The fraction of sp³-hybridized carbons (Fsp3) is 0.667. The maximum atomic E-state index is 5.79. The van der Waals surface area contributed by atoms with Crippen LogP contribution >= 0.6 is 0 Å². The quantitative estimate of drug-likeness (QED) is 0.635. The van der Waals surface area contributed by atoms with E-state index in [0.29, 0.717) is 5.92 Å². The highest BCUT2D eigenvalue weighted by molar-refractivity contribution is 5.25. The Morgan fingerprint density at radius 3 is 2.67 bits per heavy atom. The smallest absolute Gasteiger partial charge is 0.0506 e. The molecule has 0 aromatic carbocycles. The Morgan fingerprint density at radius 1 is 1.39 bits per heavy atom. The van der Waals surface area contributed by atoms with Crippen molar-refractivity contribution in [1.82, 2.24) is 10.4 Å². The molecule has 1 aliphatic carbocycles. The first-order valence-electron chi connectivity index (χ1n) is 7.12. The minimum absolute atomic E-state index is 0.261. The summed E-state index contributed by atoms with van der Waals surface area (Å²) in [6.45, 7) is 4.44. The molecule has 0 spiro atoms. The van der Waals surface area contributed by atoms with Crippen molar-refractivity contribution in [3.8, 4) is 0 Å². The number of hydrogen-bond donors (Lipinski definition) is 2. The van der Waals surface area contributed by atoms with E-state index in [0.717, 1.165) is 5.92 Å². The molecule has 3 nitrogen and oxygen atoms in total. The van der Waals surface area contributed by atoms with Gasteiger partial charge in [-0.3, -0.25) is 16.3 Å². The molecule has 0 bridgehead atoms. The molecule has 1 saturated carbocycles. The SMILES string of the molecule is CCC1CCC(C(NN)c2cnccc2C)CC1. The molecule has 1 heterocycles. The lowest BCUT2D eigenvalue weighted by molar-refractivity contribution is 0.219. The summed E-state index contributed by atoms with van der Waals surface area (Å²) < 4.78 is 0. The monoisotopic (exact) mass is 247 g/mol. The Labute approximate surface area is 110 Å². The highest BCUT2D eigenvalue weighted by Crippen LogP contribution is 2.38. The summed E-state index contributed by atoms with van der Waals surface area (Å²) in [6, 6.07) is 2.33. The van der Waals surface area contributed by atoms with Gasteiger partial charge in [0.25, 0.3) is 0 Å². The van der Waals surface area contributed by atoms with E-state index in [1.165, 1.54) is 43.2 Å². The maximum absolute atomic E-state index is 5.79. The maximum Gasteiger partial charge on any atom is 0.0506 e. The van der Waals surface area contributed by atoms with E-state index in [-0.39, 0.29) is 6.04 Å². The lowest BCUT2D eigenvalue weighted by atomic mass is 9.76. The van der Waals surface area contributed by atoms with Crippen LogP contribution in [0.4, 0.5) is 0 Å². The molecule has 0 amide bonds. The first kappa shape index (κ1) is 13.5. The Bertz CT molecular complexity index is 370. The summed E-state index contributed by atoms with van der Waals surface area (Å²) in [6.07, 6.45) is 10.4. The van der Waals surface area contributed by atoms with E-state index in [1.54, 1.807) is 0 Å². The Morgan fingerprint density at radius 2 is 2.11 bits per heavy atom. The minimum Gasteiger partial charge on any atom is -0.271 e. The number of hydrogen-bond acceptors (Lipinski definition) is 3. The van der Waals surface area contributed by atoms with Crippen LogP contribution in [0.1, 0.15) is 56.2 Å². The first-order valence-corrected chi connectivity index (χ1v) is 7.12. The van der Waals surface area contributed by atoms with Crippen LogP contribution in [0.2, 0.25) is 0 Å². The average Bonchev–Trinajstić information content (AvgIpc) is 2.42. The summed E-state index contributed by atoms with van der Waals surface area (Å²) in [7, 11) is 0. The molecule has 2 rings (SSSR count). The van der Waals surface area contributed by atoms with Gasteiger partial charge in [0.15, 0.2) is 0 Å². The van der Waals surface area contributed by atoms with Crippen molar-refractivity contribution in [1.29, 1.82) is 0 Å². The Kier molecular flexibility index (Phi) is 4.72. The molecule has 1 fully saturated rings. The van der Waals surface area contributed by atoms with Crippen molar-refractivity contribution < 1.29 is 0 Å². The third kappa shape index (κ3) is 2.90. The largest absolute Gasteiger partial charge is 0.271 e. The Balaban J connectivity index is 2.08. The second-order valence-electron chi connectivity index (χ2n) is 5.57. The molecular weight excluding hydrogens is 222 g/mol. The summed E-state index contributed by atoms with van der Waals surface area (Å²) in [5.41, 5.74) is 5.57. The van der Waals surface area contributed by atoms with Crippen LogP contribution in [-0.4, -0.2) is 4.98 Å². The van der Waals surface area contributed by atoms with Gasteiger partial charge in [0, 0.05) is 12.4 Å². The normalized spacial score (nSPS) is 25.9. The van der Waals surface area contributed by atoms with Crippen LogP contribution in [0.5, 0.6) is 0 Å². The van der Waals surface area contributed by atoms with Gasteiger partial charge in [0.2, 0.25) is 0 Å². The summed E-state index contributed by atoms with van der Waals surface area (Å²) in [4.78, 5) is 4.24. The molecule has 1 unspecified atom stereocenters. The van der Waals surface area contributed by atoms with Gasteiger partial charge >= 0.3 is 0 Å². The van der Waals surface area contributed by atoms with Crippen molar-refractivity contribution in [2.45, 2.75) is 52.0 Å². The molecule has 0 aliphatic heterocycles. The summed E-state index contributed by atoms with van der Waals surface area (Å²) in [5, 5.41) is 0. The average molecular weight is 247 g/mol. The second kappa shape index (κ2) is 6.30. The van der Waals surface area contributed by atoms with Crippen molar-refractivity contribution in [2.75, 3.05) is 0 Å². The highest BCUT2D eigenvalue weighted by atomic mass is 15.2. The summed E-state index contributed by atoms with van der Waals surface area (Å²) in [5.74, 6) is 7.37. The molecular formula is C15H25N3. The van der Waals surface area contributed by atoms with Gasteiger partial charge in [0.1, 0.15) is 0 Å². The van der Waals surface area contributed by atoms with Crippen molar-refractivity contribution in [3.63, 3.8) is 0 Å². The third-order valence-electron chi connectivity index (χ3n) is 4.53.